The lowest BCUT2D eigenvalue weighted by Gasteiger charge is -2.39. The van der Waals surface area contributed by atoms with Gasteiger partial charge in [-0.1, -0.05) is 32.1 Å². The third kappa shape index (κ3) is 3.12. The van der Waals surface area contributed by atoms with Crippen molar-refractivity contribution in [2.24, 2.45) is 5.41 Å². The Kier molecular flexibility index (Phi) is 4.18. The first-order valence-corrected chi connectivity index (χ1v) is 8.90. The number of amides is 2. The Morgan fingerprint density at radius 3 is 2.65 bits per heavy atom. The second kappa shape index (κ2) is 5.87. The highest BCUT2D eigenvalue weighted by atomic mass is 32.1. The summed E-state index contributed by atoms with van der Waals surface area (Å²) in [6, 6.07) is -0.0461. The van der Waals surface area contributed by atoms with Gasteiger partial charge in [0.2, 0.25) is 0 Å². The van der Waals surface area contributed by atoms with E-state index in [1.165, 1.54) is 11.3 Å². The van der Waals surface area contributed by atoms with E-state index in [4.69, 9.17) is 0 Å². The molecule has 0 saturated carbocycles. The first kappa shape index (κ1) is 16.4. The highest BCUT2D eigenvalue weighted by Crippen LogP contribution is 2.39. The van der Waals surface area contributed by atoms with Crippen LogP contribution in [0.3, 0.4) is 0 Å². The van der Waals surface area contributed by atoms with Crippen LogP contribution in [0, 0.1) is 5.41 Å². The van der Waals surface area contributed by atoms with Gasteiger partial charge in [0.05, 0.1) is 23.9 Å². The minimum atomic E-state index is -0.0492. The number of carbonyl (C=O) groups is 2. The van der Waals surface area contributed by atoms with Crippen molar-refractivity contribution in [1.29, 1.82) is 0 Å². The van der Waals surface area contributed by atoms with Gasteiger partial charge >= 0.3 is 6.03 Å². The van der Waals surface area contributed by atoms with Crippen LogP contribution in [0.2, 0.25) is 0 Å². The second-order valence-corrected chi connectivity index (χ2v) is 8.28. The van der Waals surface area contributed by atoms with Gasteiger partial charge in [-0.05, 0) is 18.3 Å². The van der Waals surface area contributed by atoms with Crippen LogP contribution in [-0.4, -0.2) is 53.5 Å². The summed E-state index contributed by atoms with van der Waals surface area (Å²) in [6.07, 6.45) is 2.38. The van der Waals surface area contributed by atoms with Crippen LogP contribution >= 0.6 is 11.3 Å². The number of aromatic nitrogens is 1. The van der Waals surface area contributed by atoms with Crippen LogP contribution in [0.25, 0.3) is 0 Å². The maximum atomic E-state index is 12.5. The summed E-state index contributed by atoms with van der Waals surface area (Å²) in [5.41, 5.74) is 0.807. The molecule has 0 spiro atoms. The van der Waals surface area contributed by atoms with E-state index in [0.717, 1.165) is 30.0 Å². The molecule has 2 amide bonds. The molecular weight excluding hydrogens is 312 g/mol. The molecule has 1 aliphatic heterocycles. The van der Waals surface area contributed by atoms with E-state index in [9.17, 15) is 9.59 Å². The van der Waals surface area contributed by atoms with Gasteiger partial charge in [-0.2, -0.15) is 0 Å². The van der Waals surface area contributed by atoms with E-state index in [2.05, 4.69) is 30.7 Å². The van der Waals surface area contributed by atoms with Crippen molar-refractivity contribution in [3.8, 4) is 0 Å². The van der Waals surface area contributed by atoms with Crippen LogP contribution in [0.5, 0.6) is 0 Å². The van der Waals surface area contributed by atoms with Gasteiger partial charge in [-0.25, -0.2) is 9.78 Å². The molecule has 0 atom stereocenters. The minimum Gasteiger partial charge on any atom is -0.314 e. The van der Waals surface area contributed by atoms with Gasteiger partial charge in [0.15, 0.2) is 10.9 Å². The molecule has 0 N–H and O–H groups in total. The van der Waals surface area contributed by atoms with Crippen molar-refractivity contribution in [1.82, 2.24) is 14.8 Å². The molecule has 6 nitrogen and oxygen atoms in total. The van der Waals surface area contributed by atoms with Gasteiger partial charge in [-0.3, -0.25) is 14.6 Å². The molecule has 7 heteroatoms. The number of Topliss-reactive ketones (excluding diaryl/α,β-unsaturated/α-hetero) is 1. The number of nitrogens with zero attached hydrogens (tertiary/aromatic N) is 4. The maximum Gasteiger partial charge on any atom is 0.328 e. The summed E-state index contributed by atoms with van der Waals surface area (Å²) in [7, 11) is 1.80. The molecule has 1 aliphatic carbocycles. The van der Waals surface area contributed by atoms with E-state index in [1.54, 1.807) is 16.8 Å². The predicted molar refractivity (Wildman–Crippen MR) is 90.9 cm³/mol. The van der Waals surface area contributed by atoms with Gasteiger partial charge in [-0.15, -0.1) is 0 Å². The number of carbonyl (C=O) groups excluding carboxylic acids is 2. The van der Waals surface area contributed by atoms with E-state index in [-0.39, 0.29) is 17.2 Å². The normalized spacial score (nSPS) is 21.7. The standard InChI is InChI=1S/C16H24N4O2S/c1-5-6-19-9-18(4)15(22)20(10-19)14-17-11-7-16(2,3)8-12(21)13(11)23-14/h5-10H2,1-4H3. The number of rotatable bonds is 3. The van der Waals surface area contributed by atoms with Crippen molar-refractivity contribution in [3.05, 3.63) is 10.6 Å². The monoisotopic (exact) mass is 336 g/mol. The van der Waals surface area contributed by atoms with Crippen molar-refractivity contribution in [2.45, 2.75) is 40.0 Å². The van der Waals surface area contributed by atoms with E-state index in [0.29, 0.717) is 24.9 Å². The van der Waals surface area contributed by atoms with Crippen molar-refractivity contribution in [2.75, 3.05) is 31.8 Å². The molecule has 3 rings (SSSR count). The fourth-order valence-corrected chi connectivity index (χ4v) is 4.30. The average Bonchev–Trinajstić information content (AvgIpc) is 2.85. The number of hydrogen-bond donors (Lipinski definition) is 0. The molecule has 2 aliphatic rings. The number of hydrogen-bond acceptors (Lipinski definition) is 5. The third-order valence-electron chi connectivity index (χ3n) is 4.31. The average molecular weight is 336 g/mol. The molecule has 1 fully saturated rings. The molecule has 23 heavy (non-hydrogen) atoms. The van der Waals surface area contributed by atoms with Gasteiger partial charge in [0.25, 0.3) is 0 Å². The number of thiazole rings is 1. The Balaban J connectivity index is 1.89. The Morgan fingerprint density at radius 2 is 1.96 bits per heavy atom. The smallest absolute Gasteiger partial charge is 0.314 e. The highest BCUT2D eigenvalue weighted by Gasteiger charge is 2.37. The Morgan fingerprint density at radius 1 is 1.22 bits per heavy atom. The topological polar surface area (TPSA) is 56.8 Å². The van der Waals surface area contributed by atoms with Gasteiger partial charge in [0, 0.05) is 20.0 Å². The quantitative estimate of drug-likeness (QED) is 0.852. The Labute approximate surface area is 141 Å². The van der Waals surface area contributed by atoms with Crippen LogP contribution in [0.1, 0.15) is 49.0 Å². The van der Waals surface area contributed by atoms with Crippen LogP contribution in [-0.2, 0) is 6.42 Å². The molecule has 0 aromatic carbocycles. The Bertz CT molecular complexity index is 640. The lowest BCUT2D eigenvalue weighted by Crippen LogP contribution is -2.57. The molecule has 1 aromatic rings. The van der Waals surface area contributed by atoms with E-state index < -0.39 is 0 Å². The summed E-state index contributed by atoms with van der Waals surface area (Å²) < 4.78 is 0. The fourth-order valence-electron chi connectivity index (χ4n) is 3.29. The second-order valence-electron chi connectivity index (χ2n) is 7.30. The van der Waals surface area contributed by atoms with Crippen molar-refractivity contribution in [3.63, 3.8) is 0 Å². The summed E-state index contributed by atoms with van der Waals surface area (Å²) in [5, 5.41) is 0.652. The van der Waals surface area contributed by atoms with E-state index >= 15 is 0 Å². The SMILES string of the molecule is CCCN1CN(C)C(=O)N(c2nc3c(s2)C(=O)CC(C)(C)C3)C1. The van der Waals surface area contributed by atoms with E-state index in [1.807, 2.05) is 0 Å². The van der Waals surface area contributed by atoms with Gasteiger partial charge < -0.3 is 4.90 Å². The molecule has 1 aromatic heterocycles. The zero-order chi connectivity index (χ0) is 16.8. The molecule has 0 unspecified atom stereocenters. The molecular formula is C16H24N4O2S. The van der Waals surface area contributed by atoms with Gasteiger partial charge in [0.1, 0.15) is 0 Å². The lowest BCUT2D eigenvalue weighted by atomic mass is 9.78. The number of fused-ring (bicyclic) bond motifs is 1. The fraction of sp³-hybridized carbons (Fsp3) is 0.688. The number of ketones is 1. The molecule has 126 valence electrons. The summed E-state index contributed by atoms with van der Waals surface area (Å²) >= 11 is 1.37. The van der Waals surface area contributed by atoms with Crippen LogP contribution in [0.4, 0.5) is 9.93 Å². The predicted octanol–water partition coefficient (Wildman–Crippen LogP) is 2.80. The Hall–Kier alpha value is -1.47. The maximum absolute atomic E-state index is 12.5. The first-order chi connectivity index (χ1) is 10.8. The lowest BCUT2D eigenvalue weighted by molar-refractivity contribution is 0.0916. The summed E-state index contributed by atoms with van der Waals surface area (Å²) in [5.74, 6) is 0.156. The molecule has 0 bridgehead atoms. The van der Waals surface area contributed by atoms with Crippen LogP contribution in [0.15, 0.2) is 0 Å². The molecule has 2 heterocycles. The highest BCUT2D eigenvalue weighted by molar-refractivity contribution is 7.17. The zero-order valence-corrected chi connectivity index (χ0v) is 15.1. The summed E-state index contributed by atoms with van der Waals surface area (Å²) in [4.78, 5) is 35.9. The third-order valence-corrected chi connectivity index (χ3v) is 5.47. The summed E-state index contributed by atoms with van der Waals surface area (Å²) in [6.45, 7) is 8.43. The molecule has 1 saturated heterocycles. The molecule has 0 radical (unpaired) electrons. The number of anilines is 1. The number of urea groups is 1. The largest absolute Gasteiger partial charge is 0.328 e. The van der Waals surface area contributed by atoms with Crippen molar-refractivity contribution >= 4 is 28.3 Å². The zero-order valence-electron chi connectivity index (χ0n) is 14.3. The minimum absolute atomic E-state index is 0.0461. The van der Waals surface area contributed by atoms with Crippen molar-refractivity contribution < 1.29 is 9.59 Å². The van der Waals surface area contributed by atoms with Crippen LogP contribution < -0.4 is 4.90 Å². The first-order valence-electron chi connectivity index (χ1n) is 8.08.